The first-order chi connectivity index (χ1) is 8.33. The topological polar surface area (TPSA) is 42.4 Å². The van der Waals surface area contributed by atoms with Gasteiger partial charge in [-0.3, -0.25) is 4.98 Å². The van der Waals surface area contributed by atoms with E-state index in [4.69, 9.17) is 4.74 Å². The van der Waals surface area contributed by atoms with Crippen LogP contribution in [0.2, 0.25) is 0 Å². The lowest BCUT2D eigenvalue weighted by molar-refractivity contribution is 0.0473. The normalized spacial score (nSPS) is 12.6. The van der Waals surface area contributed by atoms with Crippen LogP contribution in [0.15, 0.2) is 24.5 Å². The van der Waals surface area contributed by atoms with Gasteiger partial charge in [0.15, 0.2) is 0 Å². The zero-order chi connectivity index (χ0) is 12.3. The molecule has 1 unspecified atom stereocenters. The molecule has 1 heterocycles. The van der Waals surface area contributed by atoms with Crippen LogP contribution in [0.5, 0.6) is 0 Å². The number of aliphatic hydroxyl groups is 1. The Morgan fingerprint density at radius 2 is 2.41 bits per heavy atom. The summed E-state index contributed by atoms with van der Waals surface area (Å²) < 4.78 is 5.36. The van der Waals surface area contributed by atoms with Crippen LogP contribution in [-0.2, 0) is 10.5 Å². The van der Waals surface area contributed by atoms with E-state index in [9.17, 15) is 5.11 Å². The number of aromatic nitrogens is 1. The second kappa shape index (κ2) is 9.45. The first-order valence-electron chi connectivity index (χ1n) is 6.05. The molecule has 0 saturated heterocycles. The third kappa shape index (κ3) is 7.36. The van der Waals surface area contributed by atoms with Gasteiger partial charge in [-0.2, -0.15) is 11.8 Å². The Balaban J connectivity index is 2.02. The quantitative estimate of drug-likeness (QED) is 0.688. The summed E-state index contributed by atoms with van der Waals surface area (Å²) in [5.74, 6) is 1.60. The van der Waals surface area contributed by atoms with E-state index < -0.39 is 0 Å². The lowest BCUT2D eigenvalue weighted by Gasteiger charge is -2.10. The summed E-state index contributed by atoms with van der Waals surface area (Å²) in [4.78, 5) is 4.05. The maximum Gasteiger partial charge on any atom is 0.0863 e. The number of ether oxygens (including phenoxy) is 1. The molecule has 3 nitrogen and oxygen atoms in total. The standard InChI is InChI=1S/C13H21NO2S/c1-2-3-7-16-9-13(15)11-17-10-12-5-4-6-14-8-12/h4-6,8,13,15H,2-3,7,9-11H2,1H3. The maximum absolute atomic E-state index is 9.67. The molecule has 1 N–H and O–H groups in total. The Bertz CT molecular complexity index is 282. The van der Waals surface area contributed by atoms with E-state index in [0.717, 1.165) is 25.2 Å². The average molecular weight is 255 g/mol. The summed E-state index contributed by atoms with van der Waals surface area (Å²) in [5.41, 5.74) is 1.19. The van der Waals surface area contributed by atoms with Crippen molar-refractivity contribution in [1.82, 2.24) is 4.98 Å². The minimum Gasteiger partial charge on any atom is -0.390 e. The number of aliphatic hydroxyl groups excluding tert-OH is 1. The Labute approximate surface area is 108 Å². The summed E-state index contributed by atoms with van der Waals surface area (Å²) in [6, 6.07) is 3.98. The van der Waals surface area contributed by atoms with E-state index in [2.05, 4.69) is 11.9 Å². The van der Waals surface area contributed by atoms with E-state index >= 15 is 0 Å². The van der Waals surface area contributed by atoms with Crippen LogP contribution >= 0.6 is 11.8 Å². The second-order valence-electron chi connectivity index (χ2n) is 3.96. The molecule has 0 spiro atoms. The van der Waals surface area contributed by atoms with Crippen molar-refractivity contribution < 1.29 is 9.84 Å². The van der Waals surface area contributed by atoms with E-state index in [0.29, 0.717) is 12.4 Å². The molecule has 96 valence electrons. The van der Waals surface area contributed by atoms with E-state index in [1.165, 1.54) is 5.56 Å². The number of rotatable bonds is 9. The van der Waals surface area contributed by atoms with Gasteiger partial charge < -0.3 is 9.84 Å². The number of pyridine rings is 1. The van der Waals surface area contributed by atoms with Gasteiger partial charge >= 0.3 is 0 Å². The van der Waals surface area contributed by atoms with E-state index in [1.54, 1.807) is 18.0 Å². The number of hydrogen-bond donors (Lipinski definition) is 1. The van der Waals surface area contributed by atoms with Crippen LogP contribution in [-0.4, -0.2) is 35.2 Å². The molecule has 0 radical (unpaired) electrons. The Hall–Kier alpha value is -0.580. The minimum atomic E-state index is -0.367. The lowest BCUT2D eigenvalue weighted by Crippen LogP contribution is -2.18. The fourth-order valence-corrected chi connectivity index (χ4v) is 2.20. The molecule has 17 heavy (non-hydrogen) atoms. The van der Waals surface area contributed by atoms with Gasteiger partial charge in [0, 0.05) is 30.5 Å². The van der Waals surface area contributed by atoms with Gasteiger partial charge in [-0.1, -0.05) is 19.4 Å². The molecule has 1 atom stereocenters. The third-order valence-electron chi connectivity index (χ3n) is 2.25. The zero-order valence-electron chi connectivity index (χ0n) is 10.3. The number of thioether (sulfide) groups is 1. The van der Waals surface area contributed by atoms with Crippen molar-refractivity contribution in [2.45, 2.75) is 31.6 Å². The molecule has 1 aromatic rings. The largest absolute Gasteiger partial charge is 0.390 e. The van der Waals surface area contributed by atoms with Gasteiger partial charge in [-0.15, -0.1) is 0 Å². The molecular formula is C13H21NO2S. The van der Waals surface area contributed by atoms with Crippen molar-refractivity contribution >= 4 is 11.8 Å². The van der Waals surface area contributed by atoms with Crippen LogP contribution in [0.25, 0.3) is 0 Å². The van der Waals surface area contributed by atoms with Gasteiger partial charge in [0.1, 0.15) is 0 Å². The highest BCUT2D eigenvalue weighted by molar-refractivity contribution is 7.98. The molecule has 0 bridgehead atoms. The van der Waals surface area contributed by atoms with Crippen molar-refractivity contribution in [3.8, 4) is 0 Å². The predicted molar refractivity (Wildman–Crippen MR) is 72.1 cm³/mol. The minimum absolute atomic E-state index is 0.367. The van der Waals surface area contributed by atoms with Gasteiger partial charge in [0.25, 0.3) is 0 Å². The SMILES string of the molecule is CCCCOCC(O)CSCc1cccnc1. The van der Waals surface area contributed by atoms with Crippen LogP contribution in [0.4, 0.5) is 0 Å². The summed E-state index contributed by atoms with van der Waals surface area (Å²) in [6.07, 6.45) is 5.46. The number of hydrogen-bond acceptors (Lipinski definition) is 4. The van der Waals surface area contributed by atoms with Crippen LogP contribution in [0.1, 0.15) is 25.3 Å². The maximum atomic E-state index is 9.67. The number of unbranched alkanes of at least 4 members (excludes halogenated alkanes) is 1. The van der Waals surface area contributed by atoms with E-state index in [-0.39, 0.29) is 6.10 Å². The van der Waals surface area contributed by atoms with Crippen LogP contribution in [0, 0.1) is 0 Å². The molecule has 4 heteroatoms. The summed E-state index contributed by atoms with van der Waals surface area (Å²) in [6.45, 7) is 3.32. The van der Waals surface area contributed by atoms with E-state index in [1.807, 2.05) is 18.3 Å². The van der Waals surface area contributed by atoms with Crippen LogP contribution < -0.4 is 0 Å². The number of nitrogens with zero attached hydrogens (tertiary/aromatic N) is 1. The molecule has 1 aromatic heterocycles. The Morgan fingerprint density at radius 3 is 3.12 bits per heavy atom. The molecule has 0 aliphatic heterocycles. The lowest BCUT2D eigenvalue weighted by atomic mass is 10.3. The molecule has 0 aliphatic carbocycles. The monoisotopic (exact) mass is 255 g/mol. The smallest absolute Gasteiger partial charge is 0.0863 e. The van der Waals surface area contributed by atoms with Crippen LogP contribution in [0.3, 0.4) is 0 Å². The Kier molecular flexibility index (Phi) is 8.05. The van der Waals surface area contributed by atoms with Gasteiger partial charge in [0.05, 0.1) is 12.7 Å². The predicted octanol–water partition coefficient (Wildman–Crippen LogP) is 2.49. The molecule has 1 rings (SSSR count). The fraction of sp³-hybridized carbons (Fsp3) is 0.615. The molecule has 0 aromatic carbocycles. The van der Waals surface area contributed by atoms with Gasteiger partial charge in [-0.05, 0) is 18.1 Å². The fourth-order valence-electron chi connectivity index (χ4n) is 1.31. The highest BCUT2D eigenvalue weighted by Crippen LogP contribution is 2.12. The van der Waals surface area contributed by atoms with Gasteiger partial charge in [0.2, 0.25) is 0 Å². The summed E-state index contributed by atoms with van der Waals surface area (Å²) in [7, 11) is 0. The summed E-state index contributed by atoms with van der Waals surface area (Å²) in [5, 5.41) is 9.67. The van der Waals surface area contributed by atoms with Crippen molar-refractivity contribution in [2.75, 3.05) is 19.0 Å². The average Bonchev–Trinajstić information content (AvgIpc) is 2.36. The first-order valence-corrected chi connectivity index (χ1v) is 7.21. The Morgan fingerprint density at radius 1 is 1.53 bits per heavy atom. The second-order valence-corrected chi connectivity index (χ2v) is 4.99. The molecule has 0 saturated carbocycles. The molecule has 0 aliphatic rings. The highest BCUT2D eigenvalue weighted by Gasteiger charge is 2.04. The molecule has 0 fully saturated rings. The van der Waals surface area contributed by atoms with Crippen molar-refractivity contribution in [3.05, 3.63) is 30.1 Å². The highest BCUT2D eigenvalue weighted by atomic mass is 32.2. The van der Waals surface area contributed by atoms with Gasteiger partial charge in [-0.25, -0.2) is 0 Å². The third-order valence-corrected chi connectivity index (χ3v) is 3.41. The van der Waals surface area contributed by atoms with Crippen molar-refractivity contribution in [3.63, 3.8) is 0 Å². The molecule has 0 amide bonds. The summed E-state index contributed by atoms with van der Waals surface area (Å²) >= 11 is 1.71. The van der Waals surface area contributed by atoms with Crippen molar-refractivity contribution in [1.29, 1.82) is 0 Å². The van der Waals surface area contributed by atoms with Crippen molar-refractivity contribution in [2.24, 2.45) is 0 Å². The zero-order valence-corrected chi connectivity index (χ0v) is 11.2. The first kappa shape index (κ1) is 14.5. The molecular weight excluding hydrogens is 234 g/mol.